The minimum atomic E-state index is -0.489. The molecule has 0 saturated carbocycles. The number of benzene rings is 1. The predicted octanol–water partition coefficient (Wildman–Crippen LogP) is 4.54. The zero-order valence-electron chi connectivity index (χ0n) is 13.3. The molecular formula is C17H26ClNO2. The monoisotopic (exact) mass is 311 g/mol. The number of carbonyl (C=O) groups excluding carboxylic acids is 1. The van der Waals surface area contributed by atoms with E-state index in [9.17, 15) is 4.79 Å². The Morgan fingerprint density at radius 3 is 2.38 bits per heavy atom. The number of halogens is 1. The van der Waals surface area contributed by atoms with Gasteiger partial charge < -0.3 is 9.64 Å². The topological polar surface area (TPSA) is 29.5 Å². The molecular weight excluding hydrogens is 286 g/mol. The summed E-state index contributed by atoms with van der Waals surface area (Å²) in [4.78, 5) is 14.4. The standard InChI is InChI=1S/C17H26ClNO2/c1-4-6-11-19(12-7-5-2)17(20)14(3)21-16-10-8-9-15(18)13-16/h8-10,13-14H,4-7,11-12H2,1-3H3/t14-/m0/s1. The molecule has 0 fully saturated rings. The number of hydrogen-bond donors (Lipinski definition) is 0. The molecule has 1 aromatic carbocycles. The molecule has 21 heavy (non-hydrogen) atoms. The molecule has 0 aliphatic heterocycles. The highest BCUT2D eigenvalue weighted by molar-refractivity contribution is 6.30. The Morgan fingerprint density at radius 1 is 1.24 bits per heavy atom. The summed E-state index contributed by atoms with van der Waals surface area (Å²) in [6.07, 6.45) is 3.73. The van der Waals surface area contributed by atoms with Crippen LogP contribution in [0.1, 0.15) is 46.5 Å². The highest BCUT2D eigenvalue weighted by atomic mass is 35.5. The first-order valence-corrected chi connectivity index (χ1v) is 8.17. The molecule has 0 N–H and O–H groups in total. The maximum absolute atomic E-state index is 12.5. The van der Waals surface area contributed by atoms with Gasteiger partial charge in [-0.1, -0.05) is 44.4 Å². The highest BCUT2D eigenvalue weighted by Gasteiger charge is 2.21. The van der Waals surface area contributed by atoms with Crippen molar-refractivity contribution < 1.29 is 9.53 Å². The summed E-state index contributed by atoms with van der Waals surface area (Å²) in [5.41, 5.74) is 0. The summed E-state index contributed by atoms with van der Waals surface area (Å²) >= 11 is 5.93. The molecule has 0 spiro atoms. The van der Waals surface area contributed by atoms with E-state index >= 15 is 0 Å². The summed E-state index contributed by atoms with van der Waals surface area (Å²) in [6, 6.07) is 7.16. The number of hydrogen-bond acceptors (Lipinski definition) is 2. The largest absolute Gasteiger partial charge is 0.481 e. The van der Waals surface area contributed by atoms with Gasteiger partial charge in [0.1, 0.15) is 5.75 Å². The number of carbonyl (C=O) groups is 1. The molecule has 0 aliphatic rings. The van der Waals surface area contributed by atoms with Crippen LogP contribution >= 0.6 is 11.6 Å². The van der Waals surface area contributed by atoms with Crippen molar-refractivity contribution in [1.82, 2.24) is 4.90 Å². The van der Waals surface area contributed by atoms with Gasteiger partial charge in [0.05, 0.1) is 0 Å². The fourth-order valence-electron chi connectivity index (χ4n) is 2.08. The molecule has 0 saturated heterocycles. The lowest BCUT2D eigenvalue weighted by Gasteiger charge is -2.26. The molecule has 1 amide bonds. The summed E-state index contributed by atoms with van der Waals surface area (Å²) < 4.78 is 5.72. The molecule has 0 unspecified atom stereocenters. The SMILES string of the molecule is CCCCN(CCCC)C(=O)[C@H](C)Oc1cccc(Cl)c1. The maximum atomic E-state index is 12.5. The van der Waals surface area contributed by atoms with Crippen LogP contribution in [0.2, 0.25) is 5.02 Å². The average Bonchev–Trinajstić information content (AvgIpc) is 2.47. The van der Waals surface area contributed by atoms with E-state index in [0.29, 0.717) is 10.8 Å². The van der Waals surface area contributed by atoms with E-state index < -0.39 is 6.10 Å². The summed E-state index contributed by atoms with van der Waals surface area (Å²) in [6.45, 7) is 7.67. The normalized spacial score (nSPS) is 12.0. The van der Waals surface area contributed by atoms with Crippen LogP contribution in [0.15, 0.2) is 24.3 Å². The van der Waals surface area contributed by atoms with Crippen LogP contribution in [0.3, 0.4) is 0 Å². The summed E-state index contributed by atoms with van der Waals surface area (Å²) in [5, 5.41) is 0.612. The minimum Gasteiger partial charge on any atom is -0.481 e. The van der Waals surface area contributed by atoms with Gasteiger partial charge in [0, 0.05) is 18.1 Å². The van der Waals surface area contributed by atoms with Crippen molar-refractivity contribution in [2.45, 2.75) is 52.6 Å². The quantitative estimate of drug-likeness (QED) is 0.670. The molecule has 0 radical (unpaired) electrons. The smallest absolute Gasteiger partial charge is 0.263 e. The van der Waals surface area contributed by atoms with Crippen LogP contribution in [0.5, 0.6) is 5.75 Å². The lowest BCUT2D eigenvalue weighted by Crippen LogP contribution is -2.41. The van der Waals surface area contributed by atoms with Gasteiger partial charge in [-0.15, -0.1) is 0 Å². The van der Waals surface area contributed by atoms with Crippen LogP contribution < -0.4 is 4.74 Å². The van der Waals surface area contributed by atoms with Gasteiger partial charge in [-0.3, -0.25) is 4.79 Å². The van der Waals surface area contributed by atoms with Crippen molar-refractivity contribution in [1.29, 1.82) is 0 Å². The van der Waals surface area contributed by atoms with Crippen molar-refractivity contribution in [3.05, 3.63) is 29.3 Å². The molecule has 3 nitrogen and oxygen atoms in total. The van der Waals surface area contributed by atoms with Gasteiger partial charge >= 0.3 is 0 Å². The molecule has 0 heterocycles. The third-order valence-corrected chi connectivity index (χ3v) is 3.57. The Labute approximate surface area is 133 Å². The second kappa shape index (κ2) is 9.67. The van der Waals surface area contributed by atoms with E-state index in [1.54, 1.807) is 19.1 Å². The zero-order valence-corrected chi connectivity index (χ0v) is 14.0. The lowest BCUT2D eigenvalue weighted by molar-refractivity contribution is -0.138. The average molecular weight is 312 g/mol. The summed E-state index contributed by atoms with van der Waals surface area (Å²) in [7, 11) is 0. The fraction of sp³-hybridized carbons (Fsp3) is 0.588. The molecule has 4 heteroatoms. The van der Waals surface area contributed by atoms with Crippen molar-refractivity contribution in [3.63, 3.8) is 0 Å². The van der Waals surface area contributed by atoms with Gasteiger partial charge in [0.2, 0.25) is 0 Å². The summed E-state index contributed by atoms with van der Waals surface area (Å²) in [5.74, 6) is 0.686. The Balaban J connectivity index is 2.63. The second-order valence-corrected chi connectivity index (χ2v) is 5.69. The highest BCUT2D eigenvalue weighted by Crippen LogP contribution is 2.19. The minimum absolute atomic E-state index is 0.0527. The van der Waals surface area contributed by atoms with Gasteiger partial charge in [-0.05, 0) is 38.0 Å². The molecule has 118 valence electrons. The van der Waals surface area contributed by atoms with Gasteiger partial charge in [0.15, 0.2) is 6.10 Å². The molecule has 0 bridgehead atoms. The third kappa shape index (κ3) is 6.38. The Kier molecular flexibility index (Phi) is 8.21. The third-order valence-electron chi connectivity index (χ3n) is 3.33. The molecule has 1 atom stereocenters. The number of amides is 1. The molecule has 0 aromatic heterocycles. The zero-order chi connectivity index (χ0) is 15.7. The first-order chi connectivity index (χ1) is 10.1. The van der Waals surface area contributed by atoms with Crippen LogP contribution in [0.25, 0.3) is 0 Å². The molecule has 1 aromatic rings. The number of rotatable bonds is 9. The Hall–Kier alpha value is -1.22. The van der Waals surface area contributed by atoms with Gasteiger partial charge in [-0.2, -0.15) is 0 Å². The van der Waals surface area contributed by atoms with E-state index in [2.05, 4.69) is 13.8 Å². The van der Waals surface area contributed by atoms with Gasteiger partial charge in [-0.25, -0.2) is 0 Å². The van der Waals surface area contributed by atoms with Crippen LogP contribution in [-0.4, -0.2) is 30.0 Å². The maximum Gasteiger partial charge on any atom is 0.263 e. The molecule has 1 rings (SSSR count). The van der Waals surface area contributed by atoms with Crippen LogP contribution in [0, 0.1) is 0 Å². The van der Waals surface area contributed by atoms with Crippen molar-refractivity contribution in [2.24, 2.45) is 0 Å². The fourth-order valence-corrected chi connectivity index (χ4v) is 2.26. The van der Waals surface area contributed by atoms with Crippen molar-refractivity contribution in [2.75, 3.05) is 13.1 Å². The van der Waals surface area contributed by atoms with Crippen molar-refractivity contribution >= 4 is 17.5 Å². The molecule has 0 aliphatic carbocycles. The number of unbranched alkanes of at least 4 members (excludes halogenated alkanes) is 2. The second-order valence-electron chi connectivity index (χ2n) is 5.25. The van der Waals surface area contributed by atoms with Crippen LogP contribution in [-0.2, 0) is 4.79 Å². The lowest BCUT2D eigenvalue weighted by atomic mass is 10.2. The Bertz CT molecular complexity index is 429. The van der Waals surface area contributed by atoms with E-state index in [1.807, 2.05) is 17.0 Å². The van der Waals surface area contributed by atoms with E-state index in [-0.39, 0.29) is 5.91 Å². The van der Waals surface area contributed by atoms with Gasteiger partial charge in [0.25, 0.3) is 5.91 Å². The first-order valence-electron chi connectivity index (χ1n) is 7.79. The number of nitrogens with zero attached hydrogens (tertiary/aromatic N) is 1. The Morgan fingerprint density at radius 2 is 1.86 bits per heavy atom. The number of ether oxygens (including phenoxy) is 1. The first kappa shape index (κ1) is 17.8. The van der Waals surface area contributed by atoms with Crippen LogP contribution in [0.4, 0.5) is 0 Å². The van der Waals surface area contributed by atoms with Crippen molar-refractivity contribution in [3.8, 4) is 5.75 Å². The predicted molar refractivity (Wildman–Crippen MR) is 87.9 cm³/mol. The van der Waals surface area contributed by atoms with E-state index in [4.69, 9.17) is 16.3 Å². The van der Waals surface area contributed by atoms with E-state index in [0.717, 1.165) is 38.8 Å². The van der Waals surface area contributed by atoms with E-state index in [1.165, 1.54) is 0 Å².